The van der Waals surface area contributed by atoms with Crippen molar-refractivity contribution in [1.82, 2.24) is 14.1 Å². The summed E-state index contributed by atoms with van der Waals surface area (Å²) < 4.78 is 34.7. The van der Waals surface area contributed by atoms with E-state index in [0.717, 1.165) is 0 Å². The van der Waals surface area contributed by atoms with Crippen LogP contribution in [-0.4, -0.2) is 53.8 Å². The number of fused-ring (bicyclic) bond motifs is 1. The summed E-state index contributed by atoms with van der Waals surface area (Å²) in [6, 6.07) is 11.0. The maximum Gasteiger partial charge on any atom is 0.309 e. The number of sulfonamides is 1. The van der Waals surface area contributed by atoms with Crippen LogP contribution < -0.4 is 4.74 Å². The van der Waals surface area contributed by atoms with Gasteiger partial charge in [0.15, 0.2) is 5.69 Å². The summed E-state index contributed by atoms with van der Waals surface area (Å²) >= 11 is 0. The molecule has 10 heteroatoms. The molecule has 3 aromatic rings. The number of nitrogens with zero attached hydrogens (tertiary/aromatic N) is 4. The molecular formula is C22H22N4O5S. The third kappa shape index (κ3) is 3.81. The van der Waals surface area contributed by atoms with Gasteiger partial charge in [0.05, 0.1) is 42.3 Å². The molecule has 4 rings (SSSR count). The Hall–Kier alpha value is -3.42. The van der Waals surface area contributed by atoms with Gasteiger partial charge in [-0.2, -0.15) is 9.40 Å². The van der Waals surface area contributed by atoms with Crippen LogP contribution in [0.3, 0.4) is 0 Å². The molecule has 0 amide bonds. The van der Waals surface area contributed by atoms with Crippen LogP contribution in [0.4, 0.5) is 5.69 Å². The number of aliphatic carboxylic acids is 1. The van der Waals surface area contributed by atoms with Gasteiger partial charge < -0.3 is 9.84 Å². The molecule has 32 heavy (non-hydrogen) atoms. The van der Waals surface area contributed by atoms with E-state index < -0.39 is 16.0 Å². The standard InChI is InChI=1S/C22H22N4O5S/c1-14-12-25(32(29,30)17-7-5-16(31-3)6-8-17)13-21(14)26-20-9-4-15(23-2)10-18(20)19(24-26)11-22(27)28/h4-10,14,21H,11-13H2,1,3H3,(H,27,28)/t14-,21-/m0/s1. The van der Waals surface area contributed by atoms with Gasteiger partial charge in [0.25, 0.3) is 0 Å². The molecule has 9 nitrogen and oxygen atoms in total. The van der Waals surface area contributed by atoms with E-state index in [-0.39, 0.29) is 29.8 Å². The molecular weight excluding hydrogens is 432 g/mol. The summed E-state index contributed by atoms with van der Waals surface area (Å²) in [7, 11) is -2.19. The molecule has 1 aliphatic heterocycles. The van der Waals surface area contributed by atoms with Crippen molar-refractivity contribution < 1.29 is 23.1 Å². The lowest BCUT2D eigenvalue weighted by Crippen LogP contribution is -2.29. The first-order chi connectivity index (χ1) is 15.2. The van der Waals surface area contributed by atoms with E-state index in [4.69, 9.17) is 11.3 Å². The van der Waals surface area contributed by atoms with E-state index in [2.05, 4.69) is 9.94 Å². The largest absolute Gasteiger partial charge is 0.497 e. The van der Waals surface area contributed by atoms with Crippen LogP contribution >= 0.6 is 0 Å². The van der Waals surface area contributed by atoms with E-state index in [9.17, 15) is 18.3 Å². The van der Waals surface area contributed by atoms with Gasteiger partial charge in [-0.25, -0.2) is 13.3 Å². The predicted octanol–water partition coefficient (Wildman–Crippen LogP) is 3.10. The fourth-order valence-electron chi connectivity index (χ4n) is 4.11. The number of carboxylic acid groups (broad SMARTS) is 1. The lowest BCUT2D eigenvalue weighted by molar-refractivity contribution is -0.136. The van der Waals surface area contributed by atoms with Crippen LogP contribution in [0.25, 0.3) is 15.7 Å². The number of ether oxygens (including phenoxy) is 1. The van der Waals surface area contributed by atoms with Crippen molar-refractivity contribution in [2.75, 3.05) is 20.2 Å². The molecule has 2 aromatic carbocycles. The van der Waals surface area contributed by atoms with Crippen LogP contribution in [-0.2, 0) is 21.2 Å². The monoisotopic (exact) mass is 454 g/mol. The molecule has 166 valence electrons. The average molecular weight is 455 g/mol. The fourth-order valence-corrected chi connectivity index (χ4v) is 5.66. The molecule has 0 spiro atoms. The normalized spacial score (nSPS) is 19.2. The maximum absolute atomic E-state index is 13.2. The van der Waals surface area contributed by atoms with E-state index in [1.54, 1.807) is 35.0 Å². The van der Waals surface area contributed by atoms with Crippen LogP contribution in [0.5, 0.6) is 5.75 Å². The van der Waals surface area contributed by atoms with Crippen LogP contribution in [0.2, 0.25) is 0 Å². The molecule has 1 aromatic heterocycles. The van der Waals surface area contributed by atoms with Gasteiger partial charge in [-0.15, -0.1) is 0 Å². The number of hydrogen-bond acceptors (Lipinski definition) is 5. The number of benzene rings is 2. The Balaban J connectivity index is 1.70. The minimum Gasteiger partial charge on any atom is -0.497 e. The van der Waals surface area contributed by atoms with E-state index in [1.807, 2.05) is 6.92 Å². The van der Waals surface area contributed by atoms with Crippen molar-refractivity contribution in [3.05, 3.63) is 59.6 Å². The number of rotatable bonds is 6. The van der Waals surface area contributed by atoms with Gasteiger partial charge in [-0.05, 0) is 42.3 Å². The second-order valence-electron chi connectivity index (χ2n) is 7.82. The summed E-state index contributed by atoms with van der Waals surface area (Å²) in [4.78, 5) is 14.9. The second kappa shape index (κ2) is 8.26. The molecule has 2 heterocycles. The molecule has 1 saturated heterocycles. The summed E-state index contributed by atoms with van der Waals surface area (Å²) in [6.07, 6.45) is -0.278. The number of hydrogen-bond donors (Lipinski definition) is 1. The van der Waals surface area contributed by atoms with Gasteiger partial charge in [0.2, 0.25) is 10.0 Å². The first kappa shape index (κ1) is 21.8. The SMILES string of the molecule is [C-]#[N+]c1ccc2c(c1)c(CC(=O)O)nn2[C@H]1CN(S(=O)(=O)c2ccc(OC)cc2)C[C@@H]1C. The van der Waals surface area contributed by atoms with Gasteiger partial charge in [0, 0.05) is 18.5 Å². The molecule has 0 bridgehead atoms. The number of methoxy groups -OCH3 is 1. The summed E-state index contributed by atoms with van der Waals surface area (Å²) in [5.74, 6) is -0.498. The van der Waals surface area contributed by atoms with Crippen LogP contribution in [0, 0.1) is 12.5 Å². The summed E-state index contributed by atoms with van der Waals surface area (Å²) in [5, 5.41) is 14.4. The Morgan fingerprint density at radius 1 is 1.25 bits per heavy atom. The molecule has 0 unspecified atom stereocenters. The quantitative estimate of drug-likeness (QED) is 0.574. The highest BCUT2D eigenvalue weighted by molar-refractivity contribution is 7.89. The lowest BCUT2D eigenvalue weighted by atomic mass is 10.1. The Morgan fingerprint density at radius 3 is 2.59 bits per heavy atom. The van der Waals surface area contributed by atoms with Crippen molar-refractivity contribution in [3.63, 3.8) is 0 Å². The number of aromatic nitrogens is 2. The van der Waals surface area contributed by atoms with E-state index in [1.165, 1.54) is 23.5 Å². The van der Waals surface area contributed by atoms with Crippen molar-refractivity contribution >= 4 is 32.6 Å². The molecule has 1 aliphatic rings. The minimum atomic E-state index is -3.71. The highest BCUT2D eigenvalue weighted by atomic mass is 32.2. The smallest absolute Gasteiger partial charge is 0.309 e. The number of carbonyl (C=O) groups is 1. The van der Waals surface area contributed by atoms with Gasteiger partial charge in [-0.1, -0.05) is 13.0 Å². The molecule has 2 atom stereocenters. The molecule has 1 fully saturated rings. The van der Waals surface area contributed by atoms with Crippen molar-refractivity contribution in [3.8, 4) is 5.75 Å². The third-order valence-corrected chi connectivity index (χ3v) is 7.61. The topological polar surface area (TPSA) is 106 Å². The first-order valence-electron chi connectivity index (χ1n) is 9.99. The zero-order valence-electron chi connectivity index (χ0n) is 17.6. The Kier molecular flexibility index (Phi) is 5.62. The Morgan fingerprint density at radius 2 is 1.97 bits per heavy atom. The van der Waals surface area contributed by atoms with Crippen LogP contribution in [0.15, 0.2) is 47.4 Å². The Labute approximate surface area is 185 Å². The molecule has 1 N–H and O–H groups in total. The van der Waals surface area contributed by atoms with Gasteiger partial charge in [-0.3, -0.25) is 9.48 Å². The molecule has 0 aliphatic carbocycles. The van der Waals surface area contributed by atoms with Crippen molar-refractivity contribution in [1.29, 1.82) is 0 Å². The van der Waals surface area contributed by atoms with E-state index >= 15 is 0 Å². The zero-order valence-corrected chi connectivity index (χ0v) is 18.4. The summed E-state index contributed by atoms with van der Waals surface area (Å²) in [6.45, 7) is 9.72. The van der Waals surface area contributed by atoms with Crippen LogP contribution in [0.1, 0.15) is 18.7 Å². The highest BCUT2D eigenvalue weighted by Crippen LogP contribution is 2.35. The molecule has 0 saturated carbocycles. The lowest BCUT2D eigenvalue weighted by Gasteiger charge is -2.18. The van der Waals surface area contributed by atoms with Gasteiger partial charge >= 0.3 is 5.97 Å². The van der Waals surface area contributed by atoms with Gasteiger partial charge in [0.1, 0.15) is 5.75 Å². The average Bonchev–Trinajstić information content (AvgIpc) is 3.33. The van der Waals surface area contributed by atoms with Crippen molar-refractivity contribution in [2.24, 2.45) is 5.92 Å². The molecule has 0 radical (unpaired) electrons. The first-order valence-corrected chi connectivity index (χ1v) is 11.4. The highest BCUT2D eigenvalue weighted by Gasteiger charge is 2.39. The minimum absolute atomic E-state index is 0.0515. The maximum atomic E-state index is 13.2. The Bertz CT molecular complexity index is 1320. The second-order valence-corrected chi connectivity index (χ2v) is 9.76. The fraction of sp³-hybridized carbons (Fsp3) is 0.318. The summed E-state index contributed by atoms with van der Waals surface area (Å²) in [5.41, 5.74) is 1.45. The predicted molar refractivity (Wildman–Crippen MR) is 117 cm³/mol. The third-order valence-electron chi connectivity index (χ3n) is 5.76. The van der Waals surface area contributed by atoms with E-state index in [0.29, 0.717) is 34.6 Å². The number of carboxylic acids is 1. The van der Waals surface area contributed by atoms with Crippen molar-refractivity contribution in [2.45, 2.75) is 24.3 Å². The zero-order chi connectivity index (χ0) is 23.0.